The summed E-state index contributed by atoms with van der Waals surface area (Å²) in [6, 6.07) is 5.04. The standard InChI is InChI=1S/C11H14BrClFNO/c1-16-7-10(5-13)15-6-8-2-3-9(12)4-11(8)14/h2-4,10,15H,5-7H2,1H3. The molecule has 2 nitrogen and oxygen atoms in total. The maximum atomic E-state index is 13.5. The Labute approximate surface area is 108 Å². The number of alkyl halides is 1. The second-order valence-electron chi connectivity index (χ2n) is 3.42. The molecule has 0 radical (unpaired) electrons. The van der Waals surface area contributed by atoms with E-state index in [-0.39, 0.29) is 11.9 Å². The van der Waals surface area contributed by atoms with Crippen LogP contribution in [0.4, 0.5) is 4.39 Å². The maximum absolute atomic E-state index is 13.5. The first-order chi connectivity index (χ1) is 7.67. The van der Waals surface area contributed by atoms with Crippen LogP contribution in [0.2, 0.25) is 0 Å². The molecule has 0 aliphatic carbocycles. The van der Waals surface area contributed by atoms with E-state index in [1.165, 1.54) is 6.07 Å². The molecule has 0 heterocycles. The lowest BCUT2D eigenvalue weighted by atomic mass is 10.2. The molecule has 1 atom stereocenters. The lowest BCUT2D eigenvalue weighted by molar-refractivity contribution is 0.172. The van der Waals surface area contributed by atoms with Gasteiger partial charge in [-0.15, -0.1) is 11.6 Å². The van der Waals surface area contributed by atoms with Gasteiger partial charge in [-0.2, -0.15) is 0 Å². The largest absolute Gasteiger partial charge is 0.383 e. The maximum Gasteiger partial charge on any atom is 0.128 e. The van der Waals surface area contributed by atoms with Crippen molar-refractivity contribution in [3.8, 4) is 0 Å². The molecule has 0 bridgehead atoms. The van der Waals surface area contributed by atoms with E-state index in [0.29, 0.717) is 24.6 Å². The minimum absolute atomic E-state index is 0.0368. The minimum Gasteiger partial charge on any atom is -0.383 e. The van der Waals surface area contributed by atoms with Gasteiger partial charge in [0.15, 0.2) is 0 Å². The highest BCUT2D eigenvalue weighted by Gasteiger charge is 2.08. The molecule has 0 amide bonds. The molecule has 0 fully saturated rings. The van der Waals surface area contributed by atoms with E-state index >= 15 is 0 Å². The average Bonchev–Trinajstić information content (AvgIpc) is 2.26. The van der Waals surface area contributed by atoms with Crippen LogP contribution in [0.5, 0.6) is 0 Å². The van der Waals surface area contributed by atoms with Crippen LogP contribution in [-0.2, 0) is 11.3 Å². The van der Waals surface area contributed by atoms with Crippen LogP contribution < -0.4 is 5.32 Å². The van der Waals surface area contributed by atoms with Crippen LogP contribution in [0, 0.1) is 5.82 Å². The molecule has 0 aromatic heterocycles. The molecule has 0 saturated heterocycles. The molecule has 1 rings (SSSR count). The van der Waals surface area contributed by atoms with Gasteiger partial charge in [0.05, 0.1) is 6.61 Å². The predicted molar refractivity (Wildman–Crippen MR) is 67.3 cm³/mol. The molecular formula is C11H14BrClFNO. The normalized spacial score (nSPS) is 12.8. The van der Waals surface area contributed by atoms with Gasteiger partial charge in [-0.05, 0) is 12.1 Å². The van der Waals surface area contributed by atoms with Crippen molar-refractivity contribution >= 4 is 27.5 Å². The van der Waals surface area contributed by atoms with E-state index in [1.807, 2.05) is 6.07 Å². The predicted octanol–water partition coefficient (Wildman–Crippen LogP) is 2.93. The van der Waals surface area contributed by atoms with Gasteiger partial charge in [0.2, 0.25) is 0 Å². The lowest BCUT2D eigenvalue weighted by Crippen LogP contribution is -2.34. The lowest BCUT2D eigenvalue weighted by Gasteiger charge is -2.15. The number of benzene rings is 1. The van der Waals surface area contributed by atoms with E-state index in [0.717, 1.165) is 4.47 Å². The molecule has 90 valence electrons. The van der Waals surface area contributed by atoms with Crippen LogP contribution >= 0.6 is 27.5 Å². The Hall–Kier alpha value is -0.160. The van der Waals surface area contributed by atoms with E-state index in [2.05, 4.69) is 21.2 Å². The van der Waals surface area contributed by atoms with E-state index in [4.69, 9.17) is 16.3 Å². The van der Waals surface area contributed by atoms with Gasteiger partial charge >= 0.3 is 0 Å². The number of methoxy groups -OCH3 is 1. The third-order valence-corrected chi connectivity index (χ3v) is 3.02. The first-order valence-corrected chi connectivity index (χ1v) is 6.22. The Bertz CT molecular complexity index is 338. The first kappa shape index (κ1) is 13.9. The van der Waals surface area contributed by atoms with Crippen LogP contribution in [0.1, 0.15) is 5.56 Å². The molecule has 0 aliphatic rings. The molecular weight excluding hydrogens is 296 g/mol. The van der Waals surface area contributed by atoms with Crippen molar-refractivity contribution in [3.63, 3.8) is 0 Å². The fourth-order valence-corrected chi connectivity index (χ4v) is 1.81. The zero-order valence-corrected chi connectivity index (χ0v) is 11.3. The fourth-order valence-electron chi connectivity index (χ4n) is 1.28. The van der Waals surface area contributed by atoms with Crippen molar-refractivity contribution in [2.75, 3.05) is 19.6 Å². The summed E-state index contributed by atoms with van der Waals surface area (Å²) >= 11 is 8.95. The van der Waals surface area contributed by atoms with Crippen LogP contribution in [0.25, 0.3) is 0 Å². The highest BCUT2D eigenvalue weighted by molar-refractivity contribution is 9.10. The van der Waals surface area contributed by atoms with Gasteiger partial charge in [0.25, 0.3) is 0 Å². The zero-order valence-electron chi connectivity index (χ0n) is 8.97. The number of hydrogen-bond acceptors (Lipinski definition) is 2. The number of ether oxygens (including phenoxy) is 1. The Morgan fingerprint density at radius 2 is 2.31 bits per heavy atom. The third-order valence-electron chi connectivity index (χ3n) is 2.15. The van der Waals surface area contributed by atoms with Crippen LogP contribution in [-0.4, -0.2) is 25.6 Å². The zero-order chi connectivity index (χ0) is 12.0. The molecule has 1 unspecified atom stereocenters. The Morgan fingerprint density at radius 3 is 2.88 bits per heavy atom. The SMILES string of the molecule is COCC(CCl)NCc1ccc(Br)cc1F. The van der Waals surface area contributed by atoms with Crippen LogP contribution in [0.15, 0.2) is 22.7 Å². The van der Waals surface area contributed by atoms with Gasteiger partial charge in [-0.3, -0.25) is 0 Å². The van der Waals surface area contributed by atoms with E-state index < -0.39 is 0 Å². The summed E-state index contributed by atoms with van der Waals surface area (Å²) in [6.07, 6.45) is 0. The summed E-state index contributed by atoms with van der Waals surface area (Å²) in [4.78, 5) is 0. The molecule has 16 heavy (non-hydrogen) atoms. The first-order valence-electron chi connectivity index (χ1n) is 4.89. The van der Waals surface area contributed by atoms with Crippen molar-refractivity contribution in [2.45, 2.75) is 12.6 Å². The highest BCUT2D eigenvalue weighted by atomic mass is 79.9. The van der Waals surface area contributed by atoms with Crippen LogP contribution in [0.3, 0.4) is 0 Å². The Balaban J connectivity index is 2.53. The topological polar surface area (TPSA) is 21.3 Å². The molecule has 0 saturated carbocycles. The van der Waals surface area contributed by atoms with Crippen molar-refractivity contribution in [1.29, 1.82) is 0 Å². The fraction of sp³-hybridized carbons (Fsp3) is 0.455. The third kappa shape index (κ3) is 4.37. The summed E-state index contributed by atoms with van der Waals surface area (Å²) in [5.41, 5.74) is 0.620. The Kier molecular flexibility index (Phi) is 6.28. The van der Waals surface area contributed by atoms with Gasteiger partial charge in [0, 0.05) is 35.6 Å². The van der Waals surface area contributed by atoms with Gasteiger partial charge in [-0.25, -0.2) is 4.39 Å². The number of rotatable bonds is 6. The summed E-state index contributed by atoms with van der Waals surface area (Å²) in [7, 11) is 1.61. The second-order valence-corrected chi connectivity index (χ2v) is 4.65. The van der Waals surface area contributed by atoms with Gasteiger partial charge in [0.1, 0.15) is 5.82 Å². The summed E-state index contributed by atoms with van der Waals surface area (Å²) in [6.45, 7) is 0.960. The molecule has 1 aromatic rings. The number of halogens is 3. The summed E-state index contributed by atoms with van der Waals surface area (Å²) in [5, 5.41) is 3.13. The van der Waals surface area contributed by atoms with Gasteiger partial charge in [-0.1, -0.05) is 22.0 Å². The quantitative estimate of drug-likeness (QED) is 0.816. The minimum atomic E-state index is -0.229. The van der Waals surface area contributed by atoms with Gasteiger partial charge < -0.3 is 10.1 Å². The molecule has 0 spiro atoms. The highest BCUT2D eigenvalue weighted by Crippen LogP contribution is 2.15. The van der Waals surface area contributed by atoms with Crippen molar-refractivity contribution in [1.82, 2.24) is 5.32 Å². The molecule has 5 heteroatoms. The number of hydrogen-bond donors (Lipinski definition) is 1. The summed E-state index contributed by atoms with van der Waals surface area (Å²) in [5.74, 6) is 0.207. The molecule has 1 aromatic carbocycles. The molecule has 1 N–H and O–H groups in total. The van der Waals surface area contributed by atoms with Crippen molar-refractivity contribution in [3.05, 3.63) is 34.1 Å². The monoisotopic (exact) mass is 309 g/mol. The Morgan fingerprint density at radius 1 is 1.56 bits per heavy atom. The molecule has 0 aliphatic heterocycles. The second kappa shape index (κ2) is 7.22. The smallest absolute Gasteiger partial charge is 0.128 e. The van der Waals surface area contributed by atoms with Crippen molar-refractivity contribution < 1.29 is 9.13 Å². The average molecular weight is 311 g/mol. The van der Waals surface area contributed by atoms with Crippen molar-refractivity contribution in [2.24, 2.45) is 0 Å². The number of nitrogens with one attached hydrogen (secondary N) is 1. The summed E-state index contributed by atoms with van der Waals surface area (Å²) < 4.78 is 19.2. The van der Waals surface area contributed by atoms with E-state index in [1.54, 1.807) is 13.2 Å². The van der Waals surface area contributed by atoms with E-state index in [9.17, 15) is 4.39 Å².